The van der Waals surface area contributed by atoms with Gasteiger partial charge in [0.25, 0.3) is 0 Å². The molecule has 0 heterocycles. The molecule has 4 aliphatic carbocycles. The van der Waals surface area contributed by atoms with Crippen LogP contribution in [0.5, 0.6) is 0 Å². The van der Waals surface area contributed by atoms with E-state index in [-0.39, 0.29) is 21.7 Å². The maximum Gasteiger partial charge on any atom is 0.0165 e. The molecule has 0 radical (unpaired) electrons. The SMILES string of the molecule is CC1(C)c2cc3ccccc3cc2-c2cc3c(-c4ccccc4)c4ccccc4c(-c4ccccc4)c3cc21.CC1(C)c2cc3ccccc3cc2-c2ccc3c(-c4ccccc4)c4ccccc4c(-c4ccccc4)c3c21.CC1(C)c2ccc3ccccc3c2-c2c1ccc1c(-c3ccccc3)c3ccccc3cc21.CC1(C)c2ccccc2-c2c1ccc1c(-c3ccccc3)c3ccccc3c(-c3ccccc3)c21. The maximum absolute atomic E-state index is 2.51. The molecule has 0 aromatic heterocycles. The van der Waals surface area contributed by atoms with Crippen LogP contribution in [0.15, 0.2) is 497 Å². The molecule has 0 amide bonds. The van der Waals surface area contributed by atoms with Crippen molar-refractivity contribution < 1.29 is 0 Å². The van der Waals surface area contributed by atoms with Gasteiger partial charge in [0, 0.05) is 21.7 Å². The molecule has 0 fully saturated rings. The van der Waals surface area contributed by atoms with Crippen molar-refractivity contribution in [3.8, 4) is 122 Å². The Morgan fingerprint density at radius 1 is 0.116 bits per heavy atom. The summed E-state index contributed by atoms with van der Waals surface area (Å²) < 4.78 is 0. The van der Waals surface area contributed by atoms with Crippen LogP contribution in [0.1, 0.15) is 99.9 Å². The summed E-state index contributed by atoms with van der Waals surface area (Å²) >= 11 is 0. The molecular formula is C146H106. The second-order valence-electron chi connectivity index (χ2n) is 42.5. The van der Waals surface area contributed by atoms with Gasteiger partial charge in [0.2, 0.25) is 0 Å². The molecule has 0 N–H and O–H groups in total. The first-order chi connectivity index (χ1) is 71.5. The van der Waals surface area contributed by atoms with E-state index >= 15 is 0 Å². The van der Waals surface area contributed by atoms with Crippen molar-refractivity contribution in [1.82, 2.24) is 0 Å². The molecule has 690 valence electrons. The van der Waals surface area contributed by atoms with E-state index < -0.39 is 0 Å². The molecule has 146 heavy (non-hydrogen) atoms. The van der Waals surface area contributed by atoms with Crippen LogP contribution in [0.4, 0.5) is 0 Å². The van der Waals surface area contributed by atoms with E-state index in [0.29, 0.717) is 0 Å². The number of fused-ring (bicyclic) bond motifs is 27. The molecule has 26 aromatic carbocycles. The highest BCUT2D eigenvalue weighted by molar-refractivity contribution is 6.29. The van der Waals surface area contributed by atoms with Gasteiger partial charge in [0.15, 0.2) is 0 Å². The van der Waals surface area contributed by atoms with Crippen molar-refractivity contribution in [2.45, 2.75) is 77.0 Å². The van der Waals surface area contributed by atoms with E-state index in [1.807, 2.05) is 0 Å². The van der Waals surface area contributed by atoms with Crippen molar-refractivity contribution in [3.05, 3.63) is 542 Å². The number of rotatable bonds is 7. The Hall–Kier alpha value is -17.4. The van der Waals surface area contributed by atoms with Gasteiger partial charge in [-0.15, -0.1) is 0 Å². The van der Waals surface area contributed by atoms with Crippen molar-refractivity contribution in [1.29, 1.82) is 0 Å². The van der Waals surface area contributed by atoms with E-state index in [4.69, 9.17) is 0 Å². The normalized spacial score (nSPS) is 13.7. The Balaban J connectivity index is 0.0000000967. The van der Waals surface area contributed by atoms with Gasteiger partial charge >= 0.3 is 0 Å². The fourth-order valence-corrected chi connectivity index (χ4v) is 26.3. The third-order valence-corrected chi connectivity index (χ3v) is 33.1. The third-order valence-electron chi connectivity index (χ3n) is 33.1. The largest absolute Gasteiger partial charge is 0.0622 e. The molecule has 0 nitrogen and oxygen atoms in total. The Kier molecular flexibility index (Phi) is 20.5. The van der Waals surface area contributed by atoms with E-state index in [9.17, 15) is 0 Å². The van der Waals surface area contributed by atoms with Gasteiger partial charge in [-0.05, 0) is 328 Å². The minimum absolute atomic E-state index is 0.0263. The lowest BCUT2D eigenvalue weighted by Crippen LogP contribution is -2.16. The smallest absolute Gasteiger partial charge is 0.0165 e. The summed E-state index contributed by atoms with van der Waals surface area (Å²) in [5.41, 5.74) is 40.2. The van der Waals surface area contributed by atoms with E-state index in [1.165, 1.54) is 285 Å². The summed E-state index contributed by atoms with van der Waals surface area (Å²) in [6, 6.07) is 183. The average Bonchev–Trinajstić information content (AvgIpc) is 1.49. The topological polar surface area (TPSA) is 0 Å². The minimum Gasteiger partial charge on any atom is -0.0622 e. The van der Waals surface area contributed by atoms with Crippen molar-refractivity contribution in [3.63, 3.8) is 0 Å². The molecule has 26 aromatic rings. The van der Waals surface area contributed by atoms with Crippen molar-refractivity contribution >= 4 is 118 Å². The predicted molar refractivity (Wildman–Crippen MR) is 627 cm³/mol. The van der Waals surface area contributed by atoms with Crippen LogP contribution in [0.2, 0.25) is 0 Å². The van der Waals surface area contributed by atoms with Crippen LogP contribution in [0.3, 0.4) is 0 Å². The summed E-state index contributed by atoms with van der Waals surface area (Å²) in [7, 11) is 0. The van der Waals surface area contributed by atoms with Crippen LogP contribution in [0.25, 0.3) is 241 Å². The quantitative estimate of drug-likeness (QED) is 0.140. The minimum atomic E-state index is -0.145. The highest BCUT2D eigenvalue weighted by atomic mass is 14.5. The fourth-order valence-electron chi connectivity index (χ4n) is 26.3. The van der Waals surface area contributed by atoms with Crippen molar-refractivity contribution in [2.75, 3.05) is 0 Å². The molecule has 0 atom stereocenters. The summed E-state index contributed by atoms with van der Waals surface area (Å²) in [5.74, 6) is 0. The molecule has 0 unspecified atom stereocenters. The fraction of sp³-hybridized carbons (Fsp3) is 0.0822. The summed E-state index contributed by atoms with van der Waals surface area (Å²) in [5, 5.41) is 29.0. The maximum atomic E-state index is 2.51. The number of hydrogen-bond acceptors (Lipinski definition) is 0. The molecule has 0 aliphatic heterocycles. The van der Waals surface area contributed by atoms with E-state index in [0.717, 1.165) is 0 Å². The first kappa shape index (κ1) is 87.6. The number of hydrogen-bond donors (Lipinski definition) is 0. The molecule has 0 heteroatoms. The first-order valence-electron chi connectivity index (χ1n) is 51.7. The van der Waals surface area contributed by atoms with Crippen LogP contribution in [0, 0.1) is 0 Å². The lowest BCUT2D eigenvalue weighted by atomic mass is 9.76. The van der Waals surface area contributed by atoms with Crippen LogP contribution in [-0.4, -0.2) is 0 Å². The standard InChI is InChI=1S/2C39H28.C35H26.C33H24/c1-39(2)35-22-28-18-10-9-17-27(28)21-31(35)32-23-33-34(24-36(32)39)38(26-15-7-4-8-16-26)30-20-12-11-19-29(30)37(33)25-13-5-3-6-14-25;1-39(2)34-24-28-18-10-9-17-27(28)23-33(34)31-21-22-32-35(25-13-5-3-6-14-25)29-19-11-12-20-30(29)36(37(32)38(31)39)26-15-7-4-8-16-26;1-35(2)29-20-12-11-19-27(29)33-30(35)22-21-28-31(23-13-5-3-6-14-23)25-17-9-10-18-26(25)32(34(28)33)24-15-7-4-8-16-24;1-33(2)28-18-16-21-10-6-8-14-24(21)31(28)32-27-20-23-13-7-9-15-25(23)30(22-11-4-3-5-12-22)26(27)17-19-29(32)33/h2*3-24H,1-2H3;3-22H,1-2H3;3-20H,1-2H3. The molecule has 0 bridgehead atoms. The van der Waals surface area contributed by atoms with Crippen LogP contribution in [-0.2, 0) is 21.7 Å². The zero-order valence-electron chi connectivity index (χ0n) is 83.3. The van der Waals surface area contributed by atoms with Gasteiger partial charge in [0.1, 0.15) is 0 Å². The zero-order chi connectivity index (χ0) is 98.0. The predicted octanol–water partition coefficient (Wildman–Crippen LogP) is 40.3. The van der Waals surface area contributed by atoms with Crippen molar-refractivity contribution in [2.24, 2.45) is 0 Å². The molecule has 0 saturated carbocycles. The second-order valence-corrected chi connectivity index (χ2v) is 42.5. The van der Waals surface area contributed by atoms with Crippen LogP contribution >= 0.6 is 0 Å². The second kappa shape index (κ2) is 34.2. The highest BCUT2D eigenvalue weighted by Gasteiger charge is 2.43. The Labute approximate surface area is 853 Å². The first-order valence-corrected chi connectivity index (χ1v) is 51.7. The van der Waals surface area contributed by atoms with Gasteiger partial charge < -0.3 is 0 Å². The molecule has 30 rings (SSSR count). The monoisotopic (exact) mass is 1860 g/mol. The summed E-state index contributed by atoms with van der Waals surface area (Å²) in [6.45, 7) is 19.1. The molecule has 0 saturated heterocycles. The van der Waals surface area contributed by atoms with E-state index in [2.05, 4.69) is 553 Å². The zero-order valence-corrected chi connectivity index (χ0v) is 83.3. The lowest BCUT2D eigenvalue weighted by Gasteiger charge is -2.27. The number of benzene rings is 26. The highest BCUT2D eigenvalue weighted by Crippen LogP contribution is 2.62. The van der Waals surface area contributed by atoms with Gasteiger partial charge in [-0.25, -0.2) is 0 Å². The summed E-state index contributed by atoms with van der Waals surface area (Å²) in [4.78, 5) is 0. The van der Waals surface area contributed by atoms with Gasteiger partial charge in [-0.1, -0.05) is 510 Å². The molecule has 0 spiro atoms. The average molecular weight is 1860 g/mol. The molecular weight excluding hydrogens is 1750 g/mol. The Bertz CT molecular complexity index is 9770. The Morgan fingerprint density at radius 3 is 0.849 bits per heavy atom. The Morgan fingerprint density at radius 2 is 0.384 bits per heavy atom. The van der Waals surface area contributed by atoms with Gasteiger partial charge in [-0.3, -0.25) is 0 Å². The van der Waals surface area contributed by atoms with E-state index in [1.54, 1.807) is 0 Å². The van der Waals surface area contributed by atoms with Crippen LogP contribution < -0.4 is 0 Å². The lowest BCUT2D eigenvalue weighted by molar-refractivity contribution is 0.661. The third kappa shape index (κ3) is 13.6. The molecule has 4 aliphatic rings. The summed E-state index contributed by atoms with van der Waals surface area (Å²) in [6.07, 6.45) is 0. The van der Waals surface area contributed by atoms with Gasteiger partial charge in [0.05, 0.1) is 0 Å². The van der Waals surface area contributed by atoms with Gasteiger partial charge in [-0.2, -0.15) is 0 Å².